The highest BCUT2D eigenvalue weighted by Gasteiger charge is 2.31. The van der Waals surface area contributed by atoms with Gasteiger partial charge < -0.3 is 11.1 Å². The van der Waals surface area contributed by atoms with Crippen molar-refractivity contribution < 1.29 is 4.39 Å². The van der Waals surface area contributed by atoms with Crippen molar-refractivity contribution in [1.82, 2.24) is 0 Å². The zero-order chi connectivity index (χ0) is 12.6. The van der Waals surface area contributed by atoms with Crippen LogP contribution in [-0.2, 0) is 0 Å². The van der Waals surface area contributed by atoms with Gasteiger partial charge in [0, 0.05) is 12.1 Å². The van der Waals surface area contributed by atoms with Gasteiger partial charge in [0.25, 0.3) is 0 Å². The molecule has 0 radical (unpaired) electrons. The average Bonchev–Trinajstić information content (AvgIpc) is 2.54. The lowest BCUT2D eigenvalue weighted by molar-refractivity contribution is 0.378. The molecule has 17 heavy (non-hydrogen) atoms. The number of halogens is 2. The molecule has 0 saturated heterocycles. The number of nitrogens with two attached hydrogens (primary N) is 1. The van der Waals surface area contributed by atoms with Gasteiger partial charge >= 0.3 is 0 Å². The van der Waals surface area contributed by atoms with Gasteiger partial charge in [-0.05, 0) is 30.7 Å². The average molecular weight is 257 g/mol. The maximum Gasteiger partial charge on any atom is 0.143 e. The van der Waals surface area contributed by atoms with Crippen LogP contribution in [0, 0.1) is 11.2 Å². The summed E-state index contributed by atoms with van der Waals surface area (Å²) in [6, 6.07) is 3.20. The highest BCUT2D eigenvalue weighted by molar-refractivity contribution is 6.31. The molecule has 0 aromatic heterocycles. The van der Waals surface area contributed by atoms with Crippen LogP contribution in [0.1, 0.15) is 33.1 Å². The van der Waals surface area contributed by atoms with E-state index in [0.29, 0.717) is 22.8 Å². The molecule has 1 atom stereocenters. The van der Waals surface area contributed by atoms with Crippen LogP contribution >= 0.6 is 11.6 Å². The maximum absolute atomic E-state index is 13.4. The summed E-state index contributed by atoms with van der Waals surface area (Å²) in [4.78, 5) is 0. The minimum atomic E-state index is -0.430. The summed E-state index contributed by atoms with van der Waals surface area (Å²) in [6.45, 7) is 4.50. The van der Waals surface area contributed by atoms with Crippen molar-refractivity contribution in [1.29, 1.82) is 0 Å². The topological polar surface area (TPSA) is 38.0 Å². The second-order valence-corrected chi connectivity index (χ2v) is 6.01. The Morgan fingerprint density at radius 2 is 2.18 bits per heavy atom. The van der Waals surface area contributed by atoms with Crippen molar-refractivity contribution in [3.8, 4) is 0 Å². The van der Waals surface area contributed by atoms with Crippen LogP contribution < -0.4 is 11.1 Å². The summed E-state index contributed by atoms with van der Waals surface area (Å²) < 4.78 is 13.4. The standard InChI is InChI=1S/C13H18ClFN2/c1-13(2)4-3-8(7-13)17-12-6-10(15)9(14)5-11(12)16/h5-6,8,17H,3-4,7,16H2,1-2H3. The van der Waals surface area contributed by atoms with E-state index in [1.165, 1.54) is 18.6 Å². The minimum Gasteiger partial charge on any atom is -0.397 e. The van der Waals surface area contributed by atoms with Gasteiger partial charge in [-0.3, -0.25) is 0 Å². The van der Waals surface area contributed by atoms with E-state index in [0.717, 1.165) is 12.8 Å². The summed E-state index contributed by atoms with van der Waals surface area (Å²) in [5.41, 5.74) is 7.33. The Balaban J connectivity index is 2.12. The summed E-state index contributed by atoms with van der Waals surface area (Å²) in [6.07, 6.45) is 3.36. The molecule has 1 aromatic rings. The van der Waals surface area contributed by atoms with Gasteiger partial charge in [0.05, 0.1) is 16.4 Å². The summed E-state index contributed by atoms with van der Waals surface area (Å²) in [5, 5.41) is 3.38. The molecule has 1 aromatic carbocycles. The van der Waals surface area contributed by atoms with Crippen molar-refractivity contribution in [3.05, 3.63) is 23.0 Å². The third kappa shape index (κ3) is 2.83. The SMILES string of the molecule is CC1(C)CCC(Nc2cc(F)c(Cl)cc2N)C1. The number of anilines is 2. The molecular formula is C13H18ClFN2. The molecule has 0 bridgehead atoms. The lowest BCUT2D eigenvalue weighted by atomic mass is 9.92. The quantitative estimate of drug-likeness (QED) is 0.784. The van der Waals surface area contributed by atoms with Crippen LogP contribution in [0.3, 0.4) is 0 Å². The Labute approximate surface area is 106 Å². The Morgan fingerprint density at radius 1 is 1.47 bits per heavy atom. The van der Waals surface area contributed by atoms with Gasteiger partial charge in [-0.2, -0.15) is 0 Å². The maximum atomic E-state index is 13.4. The van der Waals surface area contributed by atoms with Crippen LogP contribution in [0.4, 0.5) is 15.8 Å². The van der Waals surface area contributed by atoms with Crippen LogP contribution in [-0.4, -0.2) is 6.04 Å². The molecule has 0 aliphatic heterocycles. The second kappa shape index (κ2) is 4.37. The fraction of sp³-hybridized carbons (Fsp3) is 0.538. The van der Waals surface area contributed by atoms with E-state index >= 15 is 0 Å². The number of benzene rings is 1. The third-order valence-electron chi connectivity index (χ3n) is 3.42. The van der Waals surface area contributed by atoms with Crippen LogP contribution in [0.2, 0.25) is 5.02 Å². The number of nitrogens with one attached hydrogen (secondary N) is 1. The van der Waals surface area contributed by atoms with E-state index < -0.39 is 5.82 Å². The monoisotopic (exact) mass is 256 g/mol. The summed E-state index contributed by atoms with van der Waals surface area (Å²) in [5.74, 6) is -0.430. The normalized spacial score (nSPS) is 22.7. The number of hydrogen-bond acceptors (Lipinski definition) is 2. The molecule has 1 fully saturated rings. The van der Waals surface area contributed by atoms with Gasteiger partial charge in [0.1, 0.15) is 5.82 Å². The predicted molar refractivity (Wildman–Crippen MR) is 70.9 cm³/mol. The number of nitrogen functional groups attached to an aromatic ring is 1. The van der Waals surface area contributed by atoms with Crippen molar-refractivity contribution in [2.45, 2.75) is 39.2 Å². The van der Waals surface area contributed by atoms with E-state index in [-0.39, 0.29) is 5.02 Å². The molecule has 0 heterocycles. The molecule has 1 aliphatic rings. The Morgan fingerprint density at radius 3 is 2.76 bits per heavy atom. The fourth-order valence-corrected chi connectivity index (χ4v) is 2.64. The highest BCUT2D eigenvalue weighted by Crippen LogP contribution is 2.39. The lowest BCUT2D eigenvalue weighted by Crippen LogP contribution is -2.18. The first-order chi connectivity index (χ1) is 7.87. The van der Waals surface area contributed by atoms with Crippen LogP contribution in [0.15, 0.2) is 12.1 Å². The molecule has 0 spiro atoms. The van der Waals surface area contributed by atoms with Gasteiger partial charge in [0.15, 0.2) is 0 Å². The molecule has 2 rings (SSSR count). The molecule has 4 heteroatoms. The van der Waals surface area contributed by atoms with E-state index in [1.54, 1.807) is 0 Å². The highest BCUT2D eigenvalue weighted by atomic mass is 35.5. The van der Waals surface area contributed by atoms with E-state index in [9.17, 15) is 4.39 Å². The first-order valence-electron chi connectivity index (χ1n) is 5.88. The second-order valence-electron chi connectivity index (χ2n) is 5.60. The van der Waals surface area contributed by atoms with Crippen LogP contribution in [0.5, 0.6) is 0 Å². The molecule has 1 unspecified atom stereocenters. The number of hydrogen-bond donors (Lipinski definition) is 2. The number of rotatable bonds is 2. The zero-order valence-electron chi connectivity index (χ0n) is 10.2. The van der Waals surface area contributed by atoms with Crippen LogP contribution in [0.25, 0.3) is 0 Å². The van der Waals surface area contributed by atoms with E-state index in [4.69, 9.17) is 17.3 Å². The molecule has 1 saturated carbocycles. The first-order valence-corrected chi connectivity index (χ1v) is 6.26. The van der Waals surface area contributed by atoms with Crippen molar-refractivity contribution in [2.24, 2.45) is 5.41 Å². The largest absolute Gasteiger partial charge is 0.397 e. The third-order valence-corrected chi connectivity index (χ3v) is 3.71. The smallest absolute Gasteiger partial charge is 0.143 e. The molecule has 2 nitrogen and oxygen atoms in total. The predicted octanol–water partition coefficient (Wildman–Crippen LogP) is 4.05. The van der Waals surface area contributed by atoms with Gasteiger partial charge in [-0.25, -0.2) is 4.39 Å². The van der Waals surface area contributed by atoms with E-state index in [2.05, 4.69) is 19.2 Å². The van der Waals surface area contributed by atoms with Crippen molar-refractivity contribution in [2.75, 3.05) is 11.1 Å². The van der Waals surface area contributed by atoms with Crippen molar-refractivity contribution in [3.63, 3.8) is 0 Å². The Kier molecular flexibility index (Phi) is 3.21. The van der Waals surface area contributed by atoms with Gasteiger partial charge in [-0.1, -0.05) is 25.4 Å². The van der Waals surface area contributed by atoms with Crippen molar-refractivity contribution >= 4 is 23.0 Å². The molecule has 3 N–H and O–H groups in total. The minimum absolute atomic E-state index is 0.0693. The van der Waals surface area contributed by atoms with Gasteiger partial charge in [0.2, 0.25) is 0 Å². The van der Waals surface area contributed by atoms with Gasteiger partial charge in [-0.15, -0.1) is 0 Å². The van der Waals surface area contributed by atoms with E-state index in [1.807, 2.05) is 0 Å². The lowest BCUT2D eigenvalue weighted by Gasteiger charge is -2.19. The summed E-state index contributed by atoms with van der Waals surface area (Å²) >= 11 is 5.67. The molecule has 94 valence electrons. The Hall–Kier alpha value is -0.960. The first kappa shape index (κ1) is 12.5. The zero-order valence-corrected chi connectivity index (χ0v) is 10.9. The fourth-order valence-electron chi connectivity index (χ4n) is 2.47. The molecule has 0 amide bonds. The summed E-state index contributed by atoms with van der Waals surface area (Å²) in [7, 11) is 0. The molecular weight excluding hydrogens is 239 g/mol. The molecule has 1 aliphatic carbocycles. The Bertz CT molecular complexity index is 432.